The Morgan fingerprint density at radius 1 is 1.24 bits per heavy atom. The molecule has 0 aliphatic carbocycles. The Labute approximate surface area is 157 Å². The highest BCUT2D eigenvalue weighted by Crippen LogP contribution is 2.32. The lowest BCUT2D eigenvalue weighted by Crippen LogP contribution is -2.42. The first-order valence-corrected chi connectivity index (χ1v) is 9.68. The van der Waals surface area contributed by atoms with E-state index in [0.717, 1.165) is 44.2 Å². The van der Waals surface area contributed by atoms with Crippen LogP contribution < -0.4 is 4.74 Å². The maximum absolute atomic E-state index is 12.6. The Hall–Kier alpha value is -1.41. The highest BCUT2D eigenvalue weighted by molar-refractivity contribution is 8.26. The molecule has 134 valence electrons. The molecule has 0 saturated carbocycles. The fraction of sp³-hybridized carbons (Fsp3) is 0.444. The van der Waals surface area contributed by atoms with Gasteiger partial charge in [0.25, 0.3) is 5.91 Å². The molecular weight excluding hydrogens is 356 g/mol. The molecule has 0 bridgehead atoms. The summed E-state index contributed by atoms with van der Waals surface area (Å²) in [6.45, 7) is 7.40. The molecule has 0 N–H and O–H groups in total. The van der Waals surface area contributed by atoms with Crippen LogP contribution in [-0.2, 0) is 9.53 Å². The number of carbonyl (C=O) groups is 1. The van der Waals surface area contributed by atoms with Gasteiger partial charge in [0.15, 0.2) is 0 Å². The van der Waals surface area contributed by atoms with Gasteiger partial charge in [0, 0.05) is 26.2 Å². The van der Waals surface area contributed by atoms with Gasteiger partial charge in [-0.05, 0) is 30.7 Å². The molecule has 0 unspecified atom stereocenters. The SMILES string of the molecule is CCOc1ccc(/C=C2/SC(=S)N(CCN3CCOCC3)C2=O)cc1. The third-order valence-electron chi connectivity index (χ3n) is 4.11. The Morgan fingerprint density at radius 3 is 2.64 bits per heavy atom. The van der Waals surface area contributed by atoms with Crippen LogP contribution in [0.2, 0.25) is 0 Å². The van der Waals surface area contributed by atoms with Gasteiger partial charge in [-0.15, -0.1) is 0 Å². The number of thioether (sulfide) groups is 1. The van der Waals surface area contributed by atoms with Crippen LogP contribution in [0.5, 0.6) is 5.75 Å². The fourth-order valence-electron chi connectivity index (χ4n) is 2.74. The number of carbonyl (C=O) groups excluding carboxylic acids is 1. The van der Waals surface area contributed by atoms with Gasteiger partial charge in [0.2, 0.25) is 0 Å². The molecule has 25 heavy (non-hydrogen) atoms. The third kappa shape index (κ3) is 4.82. The minimum absolute atomic E-state index is 0.00264. The number of morpholine rings is 1. The molecule has 3 rings (SSSR count). The third-order valence-corrected chi connectivity index (χ3v) is 5.48. The second kappa shape index (κ2) is 8.80. The first kappa shape index (κ1) is 18.4. The predicted octanol–water partition coefficient (Wildman–Crippen LogP) is 2.62. The van der Waals surface area contributed by atoms with Crippen molar-refractivity contribution in [3.8, 4) is 5.75 Å². The molecule has 0 spiro atoms. The number of rotatable bonds is 6. The molecule has 2 aliphatic heterocycles. The standard InChI is InChI=1S/C18H22N2O3S2/c1-2-23-15-5-3-14(4-6-15)13-16-17(21)20(18(24)25-16)8-7-19-9-11-22-12-10-19/h3-6,13H,2,7-12H2,1H3/b16-13+. The van der Waals surface area contributed by atoms with E-state index >= 15 is 0 Å². The van der Waals surface area contributed by atoms with Gasteiger partial charge in [-0.2, -0.15) is 0 Å². The van der Waals surface area contributed by atoms with Gasteiger partial charge in [-0.3, -0.25) is 14.6 Å². The topological polar surface area (TPSA) is 42.0 Å². The van der Waals surface area contributed by atoms with Crippen molar-refractivity contribution in [2.75, 3.05) is 46.0 Å². The largest absolute Gasteiger partial charge is 0.494 e. The summed E-state index contributed by atoms with van der Waals surface area (Å²) in [5.41, 5.74) is 0.970. The number of ether oxygens (including phenoxy) is 2. The summed E-state index contributed by atoms with van der Waals surface area (Å²) < 4.78 is 11.4. The maximum atomic E-state index is 12.6. The zero-order valence-electron chi connectivity index (χ0n) is 14.3. The van der Waals surface area contributed by atoms with E-state index in [1.807, 2.05) is 37.3 Å². The minimum Gasteiger partial charge on any atom is -0.494 e. The number of nitrogens with zero attached hydrogens (tertiary/aromatic N) is 2. The van der Waals surface area contributed by atoms with Crippen molar-refractivity contribution in [1.82, 2.24) is 9.80 Å². The molecule has 0 radical (unpaired) electrons. The van der Waals surface area contributed by atoms with Gasteiger partial charge < -0.3 is 9.47 Å². The van der Waals surface area contributed by atoms with Gasteiger partial charge in [0.1, 0.15) is 10.1 Å². The van der Waals surface area contributed by atoms with Crippen LogP contribution in [0, 0.1) is 0 Å². The van der Waals surface area contributed by atoms with Crippen LogP contribution in [0.3, 0.4) is 0 Å². The van der Waals surface area contributed by atoms with E-state index in [-0.39, 0.29) is 5.91 Å². The highest BCUT2D eigenvalue weighted by Gasteiger charge is 2.32. The van der Waals surface area contributed by atoms with Gasteiger partial charge >= 0.3 is 0 Å². The summed E-state index contributed by atoms with van der Waals surface area (Å²) in [7, 11) is 0. The lowest BCUT2D eigenvalue weighted by molar-refractivity contribution is -0.122. The van der Waals surface area contributed by atoms with Crippen LogP contribution in [0.4, 0.5) is 0 Å². The zero-order valence-corrected chi connectivity index (χ0v) is 15.9. The quantitative estimate of drug-likeness (QED) is 0.560. The van der Waals surface area contributed by atoms with Crippen molar-refractivity contribution >= 4 is 40.3 Å². The first-order chi connectivity index (χ1) is 12.2. The first-order valence-electron chi connectivity index (χ1n) is 8.45. The van der Waals surface area contributed by atoms with Crippen LogP contribution in [-0.4, -0.2) is 66.0 Å². The molecule has 2 aliphatic rings. The molecular formula is C18H22N2O3S2. The summed E-state index contributed by atoms with van der Waals surface area (Å²) >= 11 is 6.77. The Bertz CT molecular complexity index is 655. The Kier molecular flexibility index (Phi) is 6.47. The van der Waals surface area contributed by atoms with Crippen molar-refractivity contribution in [1.29, 1.82) is 0 Å². The lowest BCUT2D eigenvalue weighted by atomic mass is 10.2. The number of hydrogen-bond donors (Lipinski definition) is 0. The van der Waals surface area contributed by atoms with E-state index < -0.39 is 0 Å². The van der Waals surface area contributed by atoms with Crippen molar-refractivity contribution in [3.63, 3.8) is 0 Å². The second-order valence-corrected chi connectivity index (χ2v) is 7.47. The molecule has 2 saturated heterocycles. The molecule has 1 aromatic rings. The van der Waals surface area contributed by atoms with Crippen molar-refractivity contribution < 1.29 is 14.3 Å². The zero-order chi connectivity index (χ0) is 17.6. The normalized spacial score (nSPS) is 20.5. The molecule has 1 aromatic carbocycles. The summed E-state index contributed by atoms with van der Waals surface area (Å²) in [6, 6.07) is 7.72. The molecule has 5 nitrogen and oxygen atoms in total. The molecule has 2 heterocycles. The molecule has 0 atom stereocenters. The van der Waals surface area contributed by atoms with Crippen LogP contribution >= 0.6 is 24.0 Å². The Morgan fingerprint density at radius 2 is 1.96 bits per heavy atom. The molecule has 7 heteroatoms. The molecule has 1 amide bonds. The van der Waals surface area contributed by atoms with Crippen molar-refractivity contribution in [2.45, 2.75) is 6.92 Å². The van der Waals surface area contributed by atoms with Crippen LogP contribution in [0.15, 0.2) is 29.2 Å². The van der Waals surface area contributed by atoms with E-state index in [2.05, 4.69) is 4.90 Å². The van der Waals surface area contributed by atoms with Crippen LogP contribution in [0.25, 0.3) is 6.08 Å². The van der Waals surface area contributed by atoms with Gasteiger partial charge in [-0.1, -0.05) is 36.1 Å². The summed E-state index contributed by atoms with van der Waals surface area (Å²) in [5.74, 6) is 0.829. The second-order valence-electron chi connectivity index (χ2n) is 5.79. The summed E-state index contributed by atoms with van der Waals surface area (Å²) in [5, 5.41) is 0. The average Bonchev–Trinajstić information content (AvgIpc) is 2.89. The van der Waals surface area contributed by atoms with Crippen molar-refractivity contribution in [2.24, 2.45) is 0 Å². The fourth-order valence-corrected chi connectivity index (χ4v) is 4.05. The van der Waals surface area contributed by atoms with E-state index in [1.54, 1.807) is 4.90 Å². The molecule has 0 aromatic heterocycles. The van der Waals surface area contributed by atoms with Gasteiger partial charge in [-0.25, -0.2) is 0 Å². The highest BCUT2D eigenvalue weighted by atomic mass is 32.2. The molecule has 2 fully saturated rings. The number of benzene rings is 1. The van der Waals surface area contributed by atoms with Gasteiger partial charge in [0.05, 0.1) is 24.7 Å². The van der Waals surface area contributed by atoms with E-state index in [4.69, 9.17) is 21.7 Å². The number of thiocarbonyl (C=S) groups is 1. The van der Waals surface area contributed by atoms with Crippen molar-refractivity contribution in [3.05, 3.63) is 34.7 Å². The average molecular weight is 379 g/mol. The van der Waals surface area contributed by atoms with E-state index in [9.17, 15) is 4.79 Å². The smallest absolute Gasteiger partial charge is 0.266 e. The van der Waals surface area contributed by atoms with E-state index in [1.165, 1.54) is 11.8 Å². The summed E-state index contributed by atoms with van der Waals surface area (Å²) in [4.78, 5) is 17.3. The Balaban J connectivity index is 1.61. The number of amides is 1. The lowest BCUT2D eigenvalue weighted by Gasteiger charge is -2.28. The number of hydrogen-bond acceptors (Lipinski definition) is 6. The monoisotopic (exact) mass is 378 g/mol. The van der Waals surface area contributed by atoms with E-state index in [0.29, 0.717) is 22.4 Å². The minimum atomic E-state index is -0.00264. The maximum Gasteiger partial charge on any atom is 0.266 e. The van der Waals surface area contributed by atoms with Crippen LogP contribution in [0.1, 0.15) is 12.5 Å². The summed E-state index contributed by atoms with van der Waals surface area (Å²) in [6.07, 6.45) is 1.89. The predicted molar refractivity (Wildman–Crippen MR) is 105 cm³/mol.